The lowest BCUT2D eigenvalue weighted by atomic mass is 10.1. The van der Waals surface area contributed by atoms with Crippen LogP contribution in [0.3, 0.4) is 0 Å². The summed E-state index contributed by atoms with van der Waals surface area (Å²) in [6.45, 7) is 4.56. The van der Waals surface area contributed by atoms with Gasteiger partial charge >= 0.3 is 0 Å². The fourth-order valence-corrected chi connectivity index (χ4v) is 2.95. The van der Waals surface area contributed by atoms with Gasteiger partial charge in [-0.2, -0.15) is 0 Å². The van der Waals surface area contributed by atoms with Gasteiger partial charge in [0.15, 0.2) is 0 Å². The van der Waals surface area contributed by atoms with E-state index in [-0.39, 0.29) is 0 Å². The molecule has 5 heteroatoms. The van der Waals surface area contributed by atoms with Gasteiger partial charge in [-0.15, -0.1) is 0 Å². The SMILES string of the molecule is C1CNCCN1.c1ccc2c(c1)[nH]c1c2ccc2nccnc21. The molecule has 5 rings (SSSR count). The van der Waals surface area contributed by atoms with Crippen molar-refractivity contribution in [3.05, 3.63) is 48.8 Å². The van der Waals surface area contributed by atoms with Crippen LogP contribution in [0.15, 0.2) is 48.8 Å². The molecular weight excluding hydrogens is 286 g/mol. The molecule has 1 aliphatic heterocycles. The van der Waals surface area contributed by atoms with E-state index in [4.69, 9.17) is 0 Å². The third kappa shape index (κ3) is 2.76. The van der Waals surface area contributed by atoms with Gasteiger partial charge in [-0.05, 0) is 18.2 Å². The summed E-state index contributed by atoms with van der Waals surface area (Å²) in [7, 11) is 0. The lowest BCUT2D eigenvalue weighted by molar-refractivity contribution is 0.534. The van der Waals surface area contributed by atoms with Crippen molar-refractivity contribution in [3.8, 4) is 0 Å². The van der Waals surface area contributed by atoms with E-state index in [1.165, 1.54) is 10.8 Å². The number of rotatable bonds is 0. The Hall–Kier alpha value is -2.50. The minimum Gasteiger partial charge on any atom is -0.353 e. The van der Waals surface area contributed by atoms with Gasteiger partial charge in [0.1, 0.15) is 5.52 Å². The number of nitrogens with one attached hydrogen (secondary N) is 3. The van der Waals surface area contributed by atoms with E-state index in [0.29, 0.717) is 0 Å². The second-order valence-electron chi connectivity index (χ2n) is 5.58. The monoisotopic (exact) mass is 305 g/mol. The summed E-state index contributed by atoms with van der Waals surface area (Å²) in [6, 6.07) is 12.4. The molecule has 3 N–H and O–H groups in total. The number of hydrogen-bond acceptors (Lipinski definition) is 4. The van der Waals surface area contributed by atoms with Gasteiger partial charge in [-0.3, -0.25) is 9.97 Å². The van der Waals surface area contributed by atoms with Crippen molar-refractivity contribution in [2.75, 3.05) is 26.2 Å². The molecule has 0 unspecified atom stereocenters. The summed E-state index contributed by atoms with van der Waals surface area (Å²) in [6.07, 6.45) is 3.45. The lowest BCUT2D eigenvalue weighted by Crippen LogP contribution is -2.39. The van der Waals surface area contributed by atoms with Crippen LogP contribution in [0, 0.1) is 0 Å². The van der Waals surface area contributed by atoms with E-state index < -0.39 is 0 Å². The molecule has 2 aromatic heterocycles. The van der Waals surface area contributed by atoms with Crippen molar-refractivity contribution in [1.82, 2.24) is 25.6 Å². The Morgan fingerprint density at radius 2 is 1.48 bits per heavy atom. The van der Waals surface area contributed by atoms with Crippen LogP contribution in [0.4, 0.5) is 0 Å². The number of H-pyrrole nitrogens is 1. The van der Waals surface area contributed by atoms with Crippen LogP contribution >= 0.6 is 0 Å². The standard InChI is InChI=1S/C14H9N3.C4H10N2/c1-2-4-11-9(3-1)10-5-6-12-14(13(10)17-11)16-8-7-15-12;1-2-6-4-3-5-1/h1-8,17H;5-6H,1-4H2. The van der Waals surface area contributed by atoms with Gasteiger partial charge in [-0.1, -0.05) is 18.2 Å². The van der Waals surface area contributed by atoms with Gasteiger partial charge in [0, 0.05) is 54.9 Å². The highest BCUT2D eigenvalue weighted by molar-refractivity contribution is 6.15. The van der Waals surface area contributed by atoms with Crippen molar-refractivity contribution >= 4 is 32.8 Å². The number of nitrogens with zero attached hydrogens (tertiary/aromatic N) is 2. The predicted molar refractivity (Wildman–Crippen MR) is 94.6 cm³/mol. The number of aromatic amines is 1. The third-order valence-electron chi connectivity index (χ3n) is 4.07. The smallest absolute Gasteiger partial charge is 0.113 e. The molecule has 1 saturated heterocycles. The largest absolute Gasteiger partial charge is 0.353 e. The summed E-state index contributed by atoms with van der Waals surface area (Å²) in [5.41, 5.74) is 4.06. The van der Waals surface area contributed by atoms with Crippen molar-refractivity contribution in [3.63, 3.8) is 0 Å². The average Bonchev–Trinajstić information content (AvgIpc) is 3.03. The molecular formula is C18H19N5. The molecule has 0 bridgehead atoms. The number of hydrogen-bond donors (Lipinski definition) is 3. The molecule has 23 heavy (non-hydrogen) atoms. The highest BCUT2D eigenvalue weighted by atomic mass is 15.0. The van der Waals surface area contributed by atoms with E-state index in [0.717, 1.165) is 48.2 Å². The zero-order valence-corrected chi connectivity index (χ0v) is 12.8. The maximum Gasteiger partial charge on any atom is 0.113 e. The number of benzene rings is 2. The average molecular weight is 305 g/mol. The molecule has 1 fully saturated rings. The van der Waals surface area contributed by atoms with Crippen LogP contribution in [-0.2, 0) is 0 Å². The van der Waals surface area contributed by atoms with Crippen molar-refractivity contribution in [2.45, 2.75) is 0 Å². The molecule has 2 aromatic carbocycles. The topological polar surface area (TPSA) is 65.6 Å². The van der Waals surface area contributed by atoms with Gasteiger partial charge in [0.05, 0.1) is 11.0 Å². The Kier molecular flexibility index (Phi) is 3.88. The molecule has 0 radical (unpaired) electrons. The Balaban J connectivity index is 0.000000192. The lowest BCUT2D eigenvalue weighted by Gasteiger charge is -2.11. The zero-order valence-electron chi connectivity index (χ0n) is 12.8. The van der Waals surface area contributed by atoms with Crippen molar-refractivity contribution < 1.29 is 0 Å². The molecule has 0 atom stereocenters. The summed E-state index contributed by atoms with van der Waals surface area (Å²) in [5, 5.41) is 8.88. The maximum absolute atomic E-state index is 4.41. The molecule has 1 aliphatic rings. The van der Waals surface area contributed by atoms with Crippen LogP contribution < -0.4 is 10.6 Å². The quantitative estimate of drug-likeness (QED) is 0.467. The zero-order chi connectivity index (χ0) is 15.5. The second kappa shape index (κ2) is 6.32. The molecule has 0 spiro atoms. The van der Waals surface area contributed by atoms with Gasteiger partial charge < -0.3 is 15.6 Å². The number of piperazine rings is 1. The minimum atomic E-state index is 0.923. The van der Waals surface area contributed by atoms with Crippen LogP contribution in [0.2, 0.25) is 0 Å². The Bertz CT molecular complexity index is 928. The Morgan fingerprint density at radius 1 is 0.739 bits per heavy atom. The molecule has 3 heterocycles. The van der Waals surface area contributed by atoms with Crippen molar-refractivity contribution in [1.29, 1.82) is 0 Å². The fraction of sp³-hybridized carbons (Fsp3) is 0.222. The maximum atomic E-state index is 4.41. The van der Waals surface area contributed by atoms with E-state index in [9.17, 15) is 0 Å². The minimum absolute atomic E-state index is 0.923. The number of aromatic nitrogens is 3. The van der Waals surface area contributed by atoms with Crippen LogP contribution in [0.1, 0.15) is 0 Å². The summed E-state index contributed by atoms with van der Waals surface area (Å²) < 4.78 is 0. The number of para-hydroxylation sites is 1. The first kappa shape index (κ1) is 14.1. The normalized spacial score (nSPS) is 14.8. The third-order valence-corrected chi connectivity index (χ3v) is 4.07. The summed E-state index contributed by atoms with van der Waals surface area (Å²) in [5.74, 6) is 0. The number of fused-ring (bicyclic) bond motifs is 5. The molecule has 0 saturated carbocycles. The first-order valence-electron chi connectivity index (χ1n) is 7.95. The molecule has 5 nitrogen and oxygen atoms in total. The summed E-state index contributed by atoms with van der Waals surface area (Å²) >= 11 is 0. The van der Waals surface area contributed by atoms with Crippen LogP contribution in [0.5, 0.6) is 0 Å². The first-order valence-corrected chi connectivity index (χ1v) is 7.95. The highest BCUT2D eigenvalue weighted by Gasteiger charge is 2.07. The van der Waals surface area contributed by atoms with E-state index in [1.807, 2.05) is 12.1 Å². The Labute approximate surface area is 134 Å². The Morgan fingerprint density at radius 3 is 2.26 bits per heavy atom. The highest BCUT2D eigenvalue weighted by Crippen LogP contribution is 2.28. The molecule has 116 valence electrons. The molecule has 0 amide bonds. The fourth-order valence-electron chi connectivity index (χ4n) is 2.95. The van der Waals surface area contributed by atoms with Gasteiger partial charge in [0.25, 0.3) is 0 Å². The van der Waals surface area contributed by atoms with Gasteiger partial charge in [0.2, 0.25) is 0 Å². The van der Waals surface area contributed by atoms with Crippen LogP contribution in [0.25, 0.3) is 32.8 Å². The molecule has 0 aliphatic carbocycles. The second-order valence-corrected chi connectivity index (χ2v) is 5.58. The first-order chi connectivity index (χ1) is 11.4. The predicted octanol–water partition coefficient (Wildman–Crippen LogP) is 2.44. The van der Waals surface area contributed by atoms with E-state index in [1.54, 1.807) is 12.4 Å². The van der Waals surface area contributed by atoms with Gasteiger partial charge in [-0.25, -0.2) is 0 Å². The van der Waals surface area contributed by atoms with Crippen LogP contribution in [-0.4, -0.2) is 41.1 Å². The van der Waals surface area contributed by atoms with E-state index >= 15 is 0 Å². The van der Waals surface area contributed by atoms with E-state index in [2.05, 4.69) is 49.9 Å². The summed E-state index contributed by atoms with van der Waals surface area (Å²) in [4.78, 5) is 12.1. The molecule has 4 aromatic rings. The van der Waals surface area contributed by atoms with Crippen molar-refractivity contribution in [2.24, 2.45) is 0 Å².